The van der Waals surface area contributed by atoms with Gasteiger partial charge in [0.2, 0.25) is 11.9 Å². The van der Waals surface area contributed by atoms with E-state index in [4.69, 9.17) is 10.5 Å². The summed E-state index contributed by atoms with van der Waals surface area (Å²) in [6, 6.07) is 6.80. The summed E-state index contributed by atoms with van der Waals surface area (Å²) in [6.07, 6.45) is 1.42. The fourth-order valence-corrected chi connectivity index (χ4v) is 2.89. The molecule has 0 radical (unpaired) electrons. The summed E-state index contributed by atoms with van der Waals surface area (Å²) >= 11 is 0. The van der Waals surface area contributed by atoms with Crippen LogP contribution in [0.2, 0.25) is 0 Å². The van der Waals surface area contributed by atoms with Crippen LogP contribution in [0.1, 0.15) is 31.2 Å². The molecule has 24 heavy (non-hydrogen) atoms. The van der Waals surface area contributed by atoms with Crippen LogP contribution in [0.25, 0.3) is 11.1 Å². The molecule has 0 spiro atoms. The topological polar surface area (TPSA) is 48.1 Å². The van der Waals surface area contributed by atoms with Gasteiger partial charge in [0.15, 0.2) is 0 Å². The molecule has 0 bridgehead atoms. The zero-order valence-electron chi connectivity index (χ0n) is 13.4. The van der Waals surface area contributed by atoms with Crippen molar-refractivity contribution in [2.45, 2.75) is 44.6 Å². The van der Waals surface area contributed by atoms with Gasteiger partial charge in [-0.3, -0.25) is 0 Å². The summed E-state index contributed by atoms with van der Waals surface area (Å²) < 4.78 is 45.9. The van der Waals surface area contributed by atoms with Crippen LogP contribution in [0.4, 0.5) is 18.9 Å². The van der Waals surface area contributed by atoms with Crippen LogP contribution in [0.3, 0.4) is 0 Å². The van der Waals surface area contributed by atoms with Crippen LogP contribution in [-0.4, -0.2) is 17.0 Å². The van der Waals surface area contributed by atoms with E-state index in [2.05, 4.69) is 4.98 Å². The second kappa shape index (κ2) is 6.34. The van der Waals surface area contributed by atoms with Gasteiger partial charge >= 0.3 is 0 Å². The normalized spacial score (nSPS) is 17.7. The van der Waals surface area contributed by atoms with Crippen LogP contribution in [0.15, 0.2) is 30.5 Å². The van der Waals surface area contributed by atoms with E-state index >= 15 is 0 Å². The molecule has 1 aromatic heterocycles. The Bertz CT molecular complexity index is 739. The van der Waals surface area contributed by atoms with E-state index in [0.717, 1.165) is 0 Å². The van der Waals surface area contributed by atoms with Crippen LogP contribution in [-0.2, 0) is 0 Å². The standard InChI is InChI=1S/C18H19F3N2O/c1-11-8-12(10-23-17(11)19)15-9-13(22)2-3-16(15)24-14-4-6-18(20,21)7-5-14/h2-3,8-10,14H,4-7,22H2,1H3. The zero-order valence-corrected chi connectivity index (χ0v) is 13.4. The van der Waals surface area contributed by atoms with E-state index in [1.807, 2.05) is 0 Å². The van der Waals surface area contributed by atoms with Gasteiger partial charge in [0, 0.05) is 41.4 Å². The third kappa shape index (κ3) is 3.63. The third-order valence-electron chi connectivity index (χ3n) is 4.29. The quantitative estimate of drug-likeness (QED) is 0.651. The highest BCUT2D eigenvalue weighted by Crippen LogP contribution is 2.38. The summed E-state index contributed by atoms with van der Waals surface area (Å²) in [5, 5.41) is 0. The average molecular weight is 336 g/mol. The molecule has 6 heteroatoms. The number of nitrogens with zero attached hydrogens (tertiary/aromatic N) is 1. The molecule has 1 aliphatic rings. The first-order valence-corrected chi connectivity index (χ1v) is 7.90. The Kier molecular flexibility index (Phi) is 4.39. The van der Waals surface area contributed by atoms with Gasteiger partial charge in [-0.1, -0.05) is 0 Å². The molecule has 2 aromatic rings. The Labute approximate surface area is 138 Å². The minimum absolute atomic E-state index is 0.167. The number of hydrogen-bond donors (Lipinski definition) is 1. The van der Waals surface area contributed by atoms with E-state index in [-0.39, 0.29) is 18.9 Å². The molecule has 0 saturated heterocycles. The summed E-state index contributed by atoms with van der Waals surface area (Å²) in [4.78, 5) is 3.73. The minimum Gasteiger partial charge on any atom is -0.490 e. The van der Waals surface area contributed by atoms with Crippen molar-refractivity contribution >= 4 is 5.69 Å². The molecular formula is C18H19F3N2O. The van der Waals surface area contributed by atoms with Gasteiger partial charge in [-0.05, 0) is 44.0 Å². The molecule has 1 aliphatic carbocycles. The van der Waals surface area contributed by atoms with Crippen molar-refractivity contribution in [1.82, 2.24) is 4.98 Å². The summed E-state index contributed by atoms with van der Waals surface area (Å²) in [6.45, 7) is 1.63. The van der Waals surface area contributed by atoms with E-state index in [1.54, 1.807) is 31.2 Å². The number of pyridine rings is 1. The van der Waals surface area contributed by atoms with Gasteiger partial charge in [-0.25, -0.2) is 13.8 Å². The number of halogens is 3. The van der Waals surface area contributed by atoms with Crippen molar-refractivity contribution in [1.29, 1.82) is 0 Å². The van der Waals surface area contributed by atoms with Crippen LogP contribution in [0, 0.1) is 12.9 Å². The number of benzene rings is 1. The van der Waals surface area contributed by atoms with Gasteiger partial charge in [-0.2, -0.15) is 4.39 Å². The predicted octanol–water partition coefficient (Wildman–Crippen LogP) is 4.74. The van der Waals surface area contributed by atoms with Crippen molar-refractivity contribution < 1.29 is 17.9 Å². The van der Waals surface area contributed by atoms with Crippen LogP contribution < -0.4 is 10.5 Å². The fraction of sp³-hybridized carbons (Fsp3) is 0.389. The first-order valence-electron chi connectivity index (χ1n) is 7.90. The molecule has 1 heterocycles. The second-order valence-electron chi connectivity index (χ2n) is 6.26. The molecule has 0 atom stereocenters. The predicted molar refractivity (Wildman–Crippen MR) is 86.6 cm³/mol. The van der Waals surface area contributed by atoms with Crippen LogP contribution >= 0.6 is 0 Å². The number of hydrogen-bond acceptors (Lipinski definition) is 3. The molecule has 3 nitrogen and oxygen atoms in total. The number of aromatic nitrogens is 1. The lowest BCUT2D eigenvalue weighted by molar-refractivity contribution is -0.0581. The lowest BCUT2D eigenvalue weighted by atomic mass is 9.94. The minimum atomic E-state index is -2.60. The lowest BCUT2D eigenvalue weighted by Gasteiger charge is -2.29. The second-order valence-corrected chi connectivity index (χ2v) is 6.26. The van der Waals surface area contributed by atoms with Crippen molar-refractivity contribution in [3.8, 4) is 16.9 Å². The van der Waals surface area contributed by atoms with Crippen molar-refractivity contribution in [2.75, 3.05) is 5.73 Å². The van der Waals surface area contributed by atoms with Crippen molar-refractivity contribution in [3.63, 3.8) is 0 Å². The van der Waals surface area contributed by atoms with Gasteiger partial charge in [0.25, 0.3) is 0 Å². The molecular weight excluding hydrogens is 317 g/mol. The molecule has 2 N–H and O–H groups in total. The Hall–Kier alpha value is -2.24. The van der Waals surface area contributed by atoms with Crippen molar-refractivity contribution in [3.05, 3.63) is 42.0 Å². The highest BCUT2D eigenvalue weighted by Gasteiger charge is 2.35. The maximum atomic E-state index is 13.4. The highest BCUT2D eigenvalue weighted by molar-refractivity contribution is 5.73. The summed E-state index contributed by atoms with van der Waals surface area (Å²) in [5.41, 5.74) is 8.17. The van der Waals surface area contributed by atoms with E-state index < -0.39 is 11.9 Å². The number of ether oxygens (including phenoxy) is 1. The Morgan fingerprint density at radius 1 is 1.21 bits per heavy atom. The summed E-state index contributed by atoms with van der Waals surface area (Å²) in [7, 11) is 0. The van der Waals surface area contributed by atoms with E-state index in [9.17, 15) is 13.2 Å². The number of nitrogen functional groups attached to an aromatic ring is 1. The smallest absolute Gasteiger partial charge is 0.248 e. The number of alkyl halides is 2. The van der Waals surface area contributed by atoms with E-state index in [1.165, 1.54) is 6.20 Å². The number of anilines is 1. The molecule has 3 rings (SSSR count). The largest absolute Gasteiger partial charge is 0.490 e. The monoisotopic (exact) mass is 336 g/mol. The van der Waals surface area contributed by atoms with Crippen molar-refractivity contribution in [2.24, 2.45) is 0 Å². The molecule has 0 aliphatic heterocycles. The van der Waals surface area contributed by atoms with Gasteiger partial charge in [0.05, 0.1) is 6.10 Å². The molecule has 0 unspecified atom stereocenters. The first kappa shape index (κ1) is 16.6. The molecule has 128 valence electrons. The number of aryl methyl sites for hydroxylation is 1. The molecule has 1 saturated carbocycles. The van der Waals surface area contributed by atoms with Gasteiger partial charge < -0.3 is 10.5 Å². The number of nitrogens with two attached hydrogens (primary N) is 1. The molecule has 1 fully saturated rings. The third-order valence-corrected chi connectivity index (χ3v) is 4.29. The molecule has 0 amide bonds. The maximum Gasteiger partial charge on any atom is 0.248 e. The van der Waals surface area contributed by atoms with Gasteiger partial charge in [0.1, 0.15) is 5.75 Å². The van der Waals surface area contributed by atoms with E-state index in [0.29, 0.717) is 41.0 Å². The highest BCUT2D eigenvalue weighted by atomic mass is 19.3. The fourth-order valence-electron chi connectivity index (χ4n) is 2.89. The van der Waals surface area contributed by atoms with Crippen LogP contribution in [0.5, 0.6) is 5.75 Å². The lowest BCUT2D eigenvalue weighted by Crippen LogP contribution is -2.30. The average Bonchev–Trinajstić information content (AvgIpc) is 2.54. The zero-order chi connectivity index (χ0) is 17.3. The summed E-state index contributed by atoms with van der Waals surface area (Å²) in [5.74, 6) is -2.58. The number of rotatable bonds is 3. The van der Waals surface area contributed by atoms with Gasteiger partial charge in [-0.15, -0.1) is 0 Å². The molecule has 1 aromatic carbocycles. The Balaban J connectivity index is 1.87. The Morgan fingerprint density at radius 2 is 1.92 bits per heavy atom. The SMILES string of the molecule is Cc1cc(-c2cc(N)ccc2OC2CCC(F)(F)CC2)cnc1F. The maximum absolute atomic E-state index is 13.4. The first-order chi connectivity index (χ1) is 11.3. The Morgan fingerprint density at radius 3 is 2.58 bits per heavy atom.